The lowest BCUT2D eigenvalue weighted by Gasteiger charge is -2.25. The molecule has 0 radical (unpaired) electrons. The molecule has 138 valence electrons. The zero-order valence-electron chi connectivity index (χ0n) is 15.0. The molecule has 6 heteroatoms. The third-order valence-electron chi connectivity index (χ3n) is 4.72. The van der Waals surface area contributed by atoms with Crippen LogP contribution in [0, 0.1) is 0 Å². The van der Waals surface area contributed by atoms with Gasteiger partial charge in [-0.05, 0) is 42.7 Å². The summed E-state index contributed by atoms with van der Waals surface area (Å²) >= 11 is 0. The molecule has 0 saturated carbocycles. The summed E-state index contributed by atoms with van der Waals surface area (Å²) in [6.07, 6.45) is 4.38. The highest BCUT2D eigenvalue weighted by molar-refractivity contribution is 5.55. The van der Waals surface area contributed by atoms with Crippen LogP contribution in [0.25, 0.3) is 0 Å². The first-order valence-electron chi connectivity index (χ1n) is 9.02. The molecule has 0 amide bonds. The second-order valence-corrected chi connectivity index (χ2v) is 6.66. The zero-order valence-corrected chi connectivity index (χ0v) is 15.0. The third kappa shape index (κ3) is 3.92. The van der Waals surface area contributed by atoms with Gasteiger partial charge in [0.05, 0.1) is 18.9 Å². The van der Waals surface area contributed by atoms with Crippen LogP contribution in [-0.2, 0) is 17.8 Å². The van der Waals surface area contributed by atoms with Crippen molar-refractivity contribution in [2.24, 2.45) is 0 Å². The van der Waals surface area contributed by atoms with Crippen molar-refractivity contribution in [2.45, 2.75) is 32.0 Å². The van der Waals surface area contributed by atoms with Crippen LogP contribution in [0.5, 0.6) is 17.2 Å². The number of ether oxygens (including phenoxy) is 4. The first kappa shape index (κ1) is 17.1. The Morgan fingerprint density at radius 3 is 2.96 bits per heavy atom. The molecule has 6 nitrogen and oxygen atoms in total. The lowest BCUT2D eigenvalue weighted by molar-refractivity contribution is 0.0674. The number of fused-ring (bicyclic) bond motifs is 1. The van der Waals surface area contributed by atoms with E-state index >= 15 is 0 Å². The molecule has 26 heavy (non-hydrogen) atoms. The molecule has 1 aromatic carbocycles. The quantitative estimate of drug-likeness (QED) is 0.760. The number of hydrogen-bond acceptors (Lipinski definition) is 6. The molecular weight excluding hydrogens is 332 g/mol. The Morgan fingerprint density at radius 1 is 1.23 bits per heavy atom. The molecule has 0 bridgehead atoms. The largest absolute Gasteiger partial charge is 0.493 e. The van der Waals surface area contributed by atoms with E-state index in [1.807, 2.05) is 30.5 Å². The minimum absolute atomic E-state index is 0.239. The van der Waals surface area contributed by atoms with Crippen molar-refractivity contribution in [2.75, 3.05) is 27.1 Å². The van der Waals surface area contributed by atoms with Crippen molar-refractivity contribution in [3.63, 3.8) is 0 Å². The van der Waals surface area contributed by atoms with Crippen molar-refractivity contribution >= 4 is 0 Å². The summed E-state index contributed by atoms with van der Waals surface area (Å²) in [6.45, 7) is 3.52. The predicted molar refractivity (Wildman–Crippen MR) is 96.4 cm³/mol. The van der Waals surface area contributed by atoms with E-state index in [0.29, 0.717) is 11.5 Å². The van der Waals surface area contributed by atoms with Gasteiger partial charge < -0.3 is 18.9 Å². The number of pyridine rings is 1. The monoisotopic (exact) mass is 356 g/mol. The van der Waals surface area contributed by atoms with Crippen LogP contribution in [0.3, 0.4) is 0 Å². The Balaban J connectivity index is 1.53. The van der Waals surface area contributed by atoms with Crippen LogP contribution in [0.2, 0.25) is 0 Å². The molecule has 2 aromatic rings. The first-order chi connectivity index (χ1) is 12.8. The van der Waals surface area contributed by atoms with Gasteiger partial charge in [0, 0.05) is 32.4 Å². The minimum Gasteiger partial charge on any atom is -0.493 e. The van der Waals surface area contributed by atoms with E-state index in [1.165, 1.54) is 0 Å². The maximum Gasteiger partial charge on any atom is 0.231 e. The fourth-order valence-electron chi connectivity index (χ4n) is 3.52. The second-order valence-electron chi connectivity index (χ2n) is 6.66. The van der Waals surface area contributed by atoms with Gasteiger partial charge in [-0.15, -0.1) is 0 Å². The van der Waals surface area contributed by atoms with Crippen molar-refractivity contribution in [1.82, 2.24) is 9.88 Å². The SMILES string of the molecule is COc1cc(CN(Cc2ccccn2)C[C@@H]2CCCO2)cc2c1OCO2. The summed E-state index contributed by atoms with van der Waals surface area (Å²) < 4.78 is 22.4. The van der Waals surface area contributed by atoms with Gasteiger partial charge in [0.15, 0.2) is 11.5 Å². The molecule has 1 atom stereocenters. The molecule has 0 aliphatic carbocycles. The van der Waals surface area contributed by atoms with Gasteiger partial charge in [0.1, 0.15) is 0 Å². The first-order valence-corrected chi connectivity index (χ1v) is 9.02. The standard InChI is InChI=1S/C20H24N2O4/c1-23-18-9-15(10-19-20(18)26-14-25-19)11-22(13-17-6-4-8-24-17)12-16-5-2-3-7-21-16/h2-3,5,7,9-10,17H,4,6,8,11-14H2,1H3/t17-/m0/s1. The zero-order chi connectivity index (χ0) is 17.8. The van der Waals surface area contributed by atoms with Crippen LogP contribution in [0.15, 0.2) is 36.5 Å². The van der Waals surface area contributed by atoms with Crippen LogP contribution < -0.4 is 14.2 Å². The summed E-state index contributed by atoms with van der Waals surface area (Å²) in [5, 5.41) is 0. The van der Waals surface area contributed by atoms with E-state index in [0.717, 1.165) is 56.1 Å². The van der Waals surface area contributed by atoms with Gasteiger partial charge in [-0.25, -0.2) is 0 Å². The fraction of sp³-hybridized carbons (Fsp3) is 0.450. The van der Waals surface area contributed by atoms with Crippen LogP contribution in [-0.4, -0.2) is 43.0 Å². The second kappa shape index (κ2) is 7.93. The average molecular weight is 356 g/mol. The van der Waals surface area contributed by atoms with Crippen molar-refractivity contribution in [1.29, 1.82) is 0 Å². The van der Waals surface area contributed by atoms with Gasteiger partial charge in [-0.2, -0.15) is 0 Å². The molecule has 0 N–H and O–H groups in total. The van der Waals surface area contributed by atoms with Gasteiger partial charge >= 0.3 is 0 Å². The van der Waals surface area contributed by atoms with Crippen LogP contribution >= 0.6 is 0 Å². The van der Waals surface area contributed by atoms with Gasteiger partial charge in [0.2, 0.25) is 12.5 Å². The molecule has 2 aliphatic heterocycles. The number of aromatic nitrogens is 1. The Kier molecular flexibility index (Phi) is 5.22. The smallest absolute Gasteiger partial charge is 0.231 e. The summed E-state index contributed by atoms with van der Waals surface area (Å²) in [7, 11) is 1.65. The van der Waals surface area contributed by atoms with Crippen molar-refractivity contribution in [3.05, 3.63) is 47.8 Å². The number of methoxy groups -OCH3 is 1. The van der Waals surface area contributed by atoms with E-state index in [-0.39, 0.29) is 12.9 Å². The normalized spacial score (nSPS) is 18.5. The van der Waals surface area contributed by atoms with E-state index in [9.17, 15) is 0 Å². The maximum absolute atomic E-state index is 5.85. The Morgan fingerprint density at radius 2 is 2.19 bits per heavy atom. The van der Waals surface area contributed by atoms with E-state index in [4.69, 9.17) is 18.9 Å². The highest BCUT2D eigenvalue weighted by Crippen LogP contribution is 2.42. The topological polar surface area (TPSA) is 53.1 Å². The summed E-state index contributed by atoms with van der Waals surface area (Å²) in [5.41, 5.74) is 2.18. The maximum atomic E-state index is 5.85. The van der Waals surface area contributed by atoms with Crippen LogP contribution in [0.4, 0.5) is 0 Å². The lowest BCUT2D eigenvalue weighted by Crippen LogP contribution is -2.31. The molecule has 1 aromatic heterocycles. The van der Waals surface area contributed by atoms with Gasteiger partial charge in [0.25, 0.3) is 0 Å². The number of rotatable bonds is 7. The molecule has 4 rings (SSSR count). The Bertz CT molecular complexity index is 732. The van der Waals surface area contributed by atoms with Crippen molar-refractivity contribution < 1.29 is 18.9 Å². The van der Waals surface area contributed by atoms with Gasteiger partial charge in [-0.3, -0.25) is 9.88 Å². The molecule has 0 spiro atoms. The molecule has 3 heterocycles. The fourth-order valence-corrected chi connectivity index (χ4v) is 3.52. The Hall–Kier alpha value is -2.31. The summed E-state index contributed by atoms with van der Waals surface area (Å²) in [5.74, 6) is 2.14. The molecule has 1 saturated heterocycles. The van der Waals surface area contributed by atoms with Crippen LogP contribution in [0.1, 0.15) is 24.1 Å². The molecular formula is C20H24N2O4. The number of benzene rings is 1. The summed E-state index contributed by atoms with van der Waals surface area (Å²) in [4.78, 5) is 6.84. The van der Waals surface area contributed by atoms with E-state index < -0.39 is 0 Å². The molecule has 2 aliphatic rings. The molecule has 0 unspecified atom stereocenters. The van der Waals surface area contributed by atoms with E-state index in [1.54, 1.807) is 7.11 Å². The predicted octanol–water partition coefficient (Wildman–Crippen LogP) is 3.00. The summed E-state index contributed by atoms with van der Waals surface area (Å²) in [6, 6.07) is 10.1. The van der Waals surface area contributed by atoms with E-state index in [2.05, 4.69) is 16.0 Å². The van der Waals surface area contributed by atoms with Crippen molar-refractivity contribution in [3.8, 4) is 17.2 Å². The lowest BCUT2D eigenvalue weighted by atomic mass is 10.1. The minimum atomic E-state index is 0.239. The number of nitrogens with zero attached hydrogens (tertiary/aromatic N) is 2. The third-order valence-corrected chi connectivity index (χ3v) is 4.72. The highest BCUT2D eigenvalue weighted by Gasteiger charge is 2.23. The average Bonchev–Trinajstić information content (AvgIpc) is 3.33. The highest BCUT2D eigenvalue weighted by atomic mass is 16.7. The number of hydrogen-bond donors (Lipinski definition) is 0. The Labute approximate surface area is 153 Å². The molecule has 1 fully saturated rings. The van der Waals surface area contributed by atoms with Gasteiger partial charge in [-0.1, -0.05) is 6.07 Å².